The largest absolute Gasteiger partial charge is 0.348 e. The van der Waals surface area contributed by atoms with Crippen LogP contribution in [0.1, 0.15) is 33.6 Å². The van der Waals surface area contributed by atoms with Crippen LogP contribution in [-0.2, 0) is 0 Å². The summed E-state index contributed by atoms with van der Waals surface area (Å²) in [4.78, 5) is 24.5. The van der Waals surface area contributed by atoms with Crippen LogP contribution in [0.25, 0.3) is 0 Å². The minimum Gasteiger partial charge on any atom is -0.348 e. The maximum atomic E-state index is 12.9. The molecule has 1 atom stereocenters. The molecule has 138 valence electrons. The third-order valence-corrected chi connectivity index (χ3v) is 4.12. The Bertz CT molecular complexity index is 762. The molecule has 3 N–H and O–H groups in total. The number of nitrogens with one attached hydrogen (secondary N) is 3. The lowest BCUT2D eigenvalue weighted by atomic mass is 10.1. The predicted octanol–water partition coefficient (Wildman–Crippen LogP) is 2.98. The molecule has 0 spiro atoms. The van der Waals surface area contributed by atoms with Crippen LogP contribution in [0.15, 0.2) is 48.5 Å². The molecule has 1 saturated heterocycles. The van der Waals surface area contributed by atoms with Gasteiger partial charge in [0.2, 0.25) is 0 Å². The molecule has 3 rings (SSSR count). The zero-order valence-electron chi connectivity index (χ0n) is 14.1. The first-order valence-corrected chi connectivity index (χ1v) is 8.30. The zero-order chi connectivity index (χ0) is 17.6. The van der Waals surface area contributed by atoms with E-state index in [1.54, 1.807) is 24.3 Å². The van der Waals surface area contributed by atoms with Crippen LogP contribution < -0.4 is 16.0 Å². The molecular weight excluding hydrogens is 357 g/mol. The van der Waals surface area contributed by atoms with Crippen molar-refractivity contribution in [2.75, 3.05) is 18.4 Å². The average Bonchev–Trinajstić information content (AvgIpc) is 2.63. The fraction of sp³-hybridized carbons (Fsp3) is 0.263. The number of rotatable bonds is 4. The highest BCUT2D eigenvalue weighted by molar-refractivity contribution is 6.05. The lowest BCUT2D eigenvalue weighted by molar-refractivity contribution is 0.0929. The van der Waals surface area contributed by atoms with Crippen molar-refractivity contribution in [3.05, 3.63) is 65.5 Å². The van der Waals surface area contributed by atoms with E-state index in [1.165, 1.54) is 24.3 Å². The van der Waals surface area contributed by atoms with Crippen molar-refractivity contribution < 1.29 is 14.0 Å². The average molecular weight is 378 g/mol. The third-order valence-electron chi connectivity index (χ3n) is 4.12. The van der Waals surface area contributed by atoms with E-state index >= 15 is 0 Å². The van der Waals surface area contributed by atoms with E-state index in [4.69, 9.17) is 0 Å². The van der Waals surface area contributed by atoms with Gasteiger partial charge in [-0.15, -0.1) is 12.4 Å². The number of halogens is 2. The van der Waals surface area contributed by atoms with Crippen LogP contribution >= 0.6 is 12.4 Å². The molecule has 5 nitrogen and oxygen atoms in total. The van der Waals surface area contributed by atoms with E-state index in [-0.39, 0.29) is 30.3 Å². The quantitative estimate of drug-likeness (QED) is 0.767. The molecule has 0 radical (unpaired) electrons. The van der Waals surface area contributed by atoms with Gasteiger partial charge in [0.25, 0.3) is 11.8 Å². The highest BCUT2D eigenvalue weighted by Gasteiger charge is 2.16. The summed E-state index contributed by atoms with van der Waals surface area (Å²) in [7, 11) is 0. The minimum atomic E-state index is -0.396. The summed E-state index contributed by atoms with van der Waals surface area (Å²) in [5.41, 5.74) is 1.36. The molecular formula is C19H21ClFN3O2. The summed E-state index contributed by atoms with van der Waals surface area (Å²) >= 11 is 0. The molecule has 0 aromatic heterocycles. The lowest BCUT2D eigenvalue weighted by Gasteiger charge is -2.23. The highest BCUT2D eigenvalue weighted by atomic mass is 35.5. The number of hydrogen-bond donors (Lipinski definition) is 3. The zero-order valence-corrected chi connectivity index (χ0v) is 14.9. The van der Waals surface area contributed by atoms with Gasteiger partial charge in [0, 0.05) is 29.4 Å². The Kier molecular flexibility index (Phi) is 7.12. The molecule has 7 heteroatoms. The first kappa shape index (κ1) is 19.9. The molecule has 0 bridgehead atoms. The first-order valence-electron chi connectivity index (χ1n) is 8.30. The maximum Gasteiger partial charge on any atom is 0.255 e. The van der Waals surface area contributed by atoms with Crippen molar-refractivity contribution in [2.45, 2.75) is 18.9 Å². The molecule has 26 heavy (non-hydrogen) atoms. The molecule has 1 fully saturated rings. The van der Waals surface area contributed by atoms with Crippen LogP contribution in [0.4, 0.5) is 10.1 Å². The predicted molar refractivity (Wildman–Crippen MR) is 101 cm³/mol. The molecule has 2 amide bonds. The normalized spacial score (nSPS) is 16.3. The van der Waals surface area contributed by atoms with E-state index in [2.05, 4.69) is 16.0 Å². The van der Waals surface area contributed by atoms with Crippen LogP contribution in [0.3, 0.4) is 0 Å². The van der Waals surface area contributed by atoms with E-state index in [1.807, 2.05) is 0 Å². The number of carbonyl (C=O) groups is 2. The monoisotopic (exact) mass is 377 g/mol. The number of piperidine rings is 1. The topological polar surface area (TPSA) is 70.2 Å². The van der Waals surface area contributed by atoms with E-state index in [0.717, 1.165) is 25.9 Å². The van der Waals surface area contributed by atoms with Crippen molar-refractivity contribution in [1.29, 1.82) is 0 Å². The number of amides is 2. The standard InChI is InChI=1S/C19H20FN3O2.ClH/c20-15-8-6-13(7-9-15)18(24)22-16-4-1-3-14(11-16)19(25)23-17-5-2-10-21-12-17;/h1,3-4,6-9,11,17,21H,2,5,10,12H2,(H,22,24)(H,23,25);1H/t17-;/m0./s1. The highest BCUT2D eigenvalue weighted by Crippen LogP contribution is 2.13. The maximum absolute atomic E-state index is 12.9. The van der Waals surface area contributed by atoms with Crippen LogP contribution in [0.2, 0.25) is 0 Å². The molecule has 1 aliphatic rings. The third kappa shape index (κ3) is 5.28. The Labute approximate surface area is 157 Å². The van der Waals surface area contributed by atoms with Gasteiger partial charge in [-0.25, -0.2) is 4.39 Å². The van der Waals surface area contributed by atoms with Crippen molar-refractivity contribution in [1.82, 2.24) is 10.6 Å². The summed E-state index contributed by atoms with van der Waals surface area (Å²) in [5, 5.41) is 8.97. The first-order chi connectivity index (χ1) is 12.1. The van der Waals surface area contributed by atoms with Crippen LogP contribution in [-0.4, -0.2) is 30.9 Å². The van der Waals surface area contributed by atoms with Crippen molar-refractivity contribution in [3.8, 4) is 0 Å². The molecule has 0 saturated carbocycles. The van der Waals surface area contributed by atoms with Crippen molar-refractivity contribution >= 4 is 29.9 Å². The Morgan fingerprint density at radius 1 is 1.04 bits per heavy atom. The molecule has 2 aromatic carbocycles. The van der Waals surface area contributed by atoms with Gasteiger partial charge in [-0.05, 0) is 61.9 Å². The summed E-state index contributed by atoms with van der Waals surface area (Å²) in [6, 6.07) is 12.2. The molecule has 1 heterocycles. The minimum absolute atomic E-state index is 0. The second-order valence-electron chi connectivity index (χ2n) is 6.06. The van der Waals surface area contributed by atoms with Crippen molar-refractivity contribution in [2.24, 2.45) is 0 Å². The molecule has 0 unspecified atom stereocenters. The SMILES string of the molecule is Cl.O=C(Nc1cccc(C(=O)N[C@H]2CCCNC2)c1)c1ccc(F)cc1. The fourth-order valence-electron chi connectivity index (χ4n) is 2.79. The molecule has 2 aromatic rings. The molecule has 0 aliphatic carbocycles. The second kappa shape index (κ2) is 9.31. The van der Waals surface area contributed by atoms with Gasteiger partial charge in [0.15, 0.2) is 0 Å². The summed E-state index contributed by atoms with van der Waals surface area (Å²) < 4.78 is 12.9. The summed E-state index contributed by atoms with van der Waals surface area (Å²) in [6.07, 6.45) is 2.00. The Hall–Kier alpha value is -2.44. The van der Waals surface area contributed by atoms with Gasteiger partial charge >= 0.3 is 0 Å². The Morgan fingerprint density at radius 2 is 1.81 bits per heavy atom. The van der Waals surface area contributed by atoms with Crippen LogP contribution in [0, 0.1) is 5.82 Å². The number of hydrogen-bond acceptors (Lipinski definition) is 3. The van der Waals surface area contributed by atoms with E-state index < -0.39 is 5.82 Å². The van der Waals surface area contributed by atoms with Gasteiger partial charge in [-0.3, -0.25) is 9.59 Å². The molecule has 1 aliphatic heterocycles. The number of benzene rings is 2. The Morgan fingerprint density at radius 3 is 2.50 bits per heavy atom. The van der Waals surface area contributed by atoms with Gasteiger partial charge in [0.05, 0.1) is 0 Å². The lowest BCUT2D eigenvalue weighted by Crippen LogP contribution is -2.45. The Balaban J connectivity index is 0.00000243. The van der Waals surface area contributed by atoms with E-state index in [0.29, 0.717) is 16.8 Å². The fourth-order valence-corrected chi connectivity index (χ4v) is 2.79. The van der Waals surface area contributed by atoms with Gasteiger partial charge < -0.3 is 16.0 Å². The number of carbonyl (C=O) groups excluding carboxylic acids is 2. The van der Waals surface area contributed by atoms with E-state index in [9.17, 15) is 14.0 Å². The van der Waals surface area contributed by atoms with Crippen LogP contribution in [0.5, 0.6) is 0 Å². The van der Waals surface area contributed by atoms with Gasteiger partial charge in [0.1, 0.15) is 5.82 Å². The van der Waals surface area contributed by atoms with Gasteiger partial charge in [-0.2, -0.15) is 0 Å². The summed E-state index contributed by atoms with van der Waals surface area (Å²) in [5.74, 6) is -0.909. The van der Waals surface area contributed by atoms with Crippen molar-refractivity contribution in [3.63, 3.8) is 0 Å². The summed E-state index contributed by atoms with van der Waals surface area (Å²) in [6.45, 7) is 1.75. The number of anilines is 1. The smallest absolute Gasteiger partial charge is 0.255 e. The second-order valence-corrected chi connectivity index (χ2v) is 6.06. The van der Waals surface area contributed by atoms with Gasteiger partial charge in [-0.1, -0.05) is 6.07 Å².